The second-order valence-electron chi connectivity index (χ2n) is 5.91. The number of fused-ring (bicyclic) bond motifs is 1. The van der Waals surface area contributed by atoms with Crippen molar-refractivity contribution in [2.24, 2.45) is 0 Å². The van der Waals surface area contributed by atoms with Gasteiger partial charge in [-0.05, 0) is 48.5 Å². The standard InChI is InChI=1S/C18H22FN3S.2ClH/c1-21-6-8-22-7-2-4-14-10-13(11-15(19)18(14)22)12-16(20)17-5-3-9-23-17;;/h3,5,9-11,20-21H,2,4,6-8,12H2,1H3;2*1H. The lowest BCUT2D eigenvalue weighted by atomic mass is 9.96. The number of aryl methyl sites for hydroxylation is 1. The second kappa shape index (κ2) is 10.1. The summed E-state index contributed by atoms with van der Waals surface area (Å²) in [6, 6.07) is 7.59. The van der Waals surface area contributed by atoms with E-state index in [1.165, 1.54) is 0 Å². The van der Waals surface area contributed by atoms with Gasteiger partial charge in [-0.3, -0.25) is 0 Å². The molecule has 2 aromatic rings. The molecule has 1 aliphatic rings. The van der Waals surface area contributed by atoms with E-state index < -0.39 is 0 Å². The van der Waals surface area contributed by atoms with E-state index in [1.807, 2.05) is 24.6 Å². The molecular formula is C18H24Cl2FN3S. The molecule has 0 fully saturated rings. The lowest BCUT2D eigenvalue weighted by Gasteiger charge is -2.32. The smallest absolute Gasteiger partial charge is 0.147 e. The first-order chi connectivity index (χ1) is 11.2. The van der Waals surface area contributed by atoms with Crippen LogP contribution in [-0.2, 0) is 12.8 Å². The highest BCUT2D eigenvalue weighted by molar-refractivity contribution is 7.12. The number of hydrogen-bond donors (Lipinski definition) is 2. The fourth-order valence-corrected chi connectivity index (χ4v) is 3.82. The first-order valence-corrected chi connectivity index (χ1v) is 8.89. The Hall–Kier alpha value is -1.14. The van der Waals surface area contributed by atoms with Gasteiger partial charge in [0.2, 0.25) is 0 Å². The van der Waals surface area contributed by atoms with Gasteiger partial charge in [0, 0.05) is 30.9 Å². The molecule has 0 radical (unpaired) electrons. The van der Waals surface area contributed by atoms with Crippen LogP contribution in [0.1, 0.15) is 22.4 Å². The van der Waals surface area contributed by atoms with E-state index in [0.29, 0.717) is 12.1 Å². The zero-order valence-corrected chi connectivity index (χ0v) is 16.6. The minimum atomic E-state index is -0.146. The van der Waals surface area contributed by atoms with E-state index >= 15 is 0 Å². The molecule has 1 aromatic heterocycles. The van der Waals surface area contributed by atoms with Crippen LogP contribution in [-0.4, -0.2) is 32.4 Å². The minimum absolute atomic E-state index is 0. The van der Waals surface area contributed by atoms with Gasteiger partial charge in [0.25, 0.3) is 0 Å². The third-order valence-corrected chi connectivity index (χ3v) is 5.15. The minimum Gasteiger partial charge on any atom is -0.368 e. The zero-order chi connectivity index (χ0) is 16.2. The molecule has 1 aliphatic heterocycles. The Morgan fingerprint density at radius 1 is 1.36 bits per heavy atom. The Morgan fingerprint density at radius 2 is 2.16 bits per heavy atom. The van der Waals surface area contributed by atoms with Crippen LogP contribution in [0.2, 0.25) is 0 Å². The number of halogens is 3. The van der Waals surface area contributed by atoms with Gasteiger partial charge in [-0.1, -0.05) is 12.1 Å². The maximum absolute atomic E-state index is 14.7. The van der Waals surface area contributed by atoms with Crippen LogP contribution < -0.4 is 10.2 Å². The van der Waals surface area contributed by atoms with E-state index in [2.05, 4.69) is 16.3 Å². The van der Waals surface area contributed by atoms with Crippen molar-refractivity contribution in [3.63, 3.8) is 0 Å². The molecule has 0 bridgehead atoms. The van der Waals surface area contributed by atoms with Crippen molar-refractivity contribution in [3.8, 4) is 0 Å². The van der Waals surface area contributed by atoms with E-state index in [1.54, 1.807) is 17.4 Å². The van der Waals surface area contributed by atoms with Gasteiger partial charge in [-0.25, -0.2) is 4.39 Å². The summed E-state index contributed by atoms with van der Waals surface area (Å²) in [4.78, 5) is 3.10. The zero-order valence-electron chi connectivity index (χ0n) is 14.2. The molecule has 3 nitrogen and oxygen atoms in total. The van der Waals surface area contributed by atoms with Gasteiger partial charge >= 0.3 is 0 Å². The third-order valence-electron chi connectivity index (χ3n) is 4.22. The summed E-state index contributed by atoms with van der Waals surface area (Å²) >= 11 is 1.56. The van der Waals surface area contributed by atoms with Crippen LogP contribution in [0.15, 0.2) is 29.6 Å². The number of hydrogen-bond acceptors (Lipinski definition) is 4. The van der Waals surface area contributed by atoms with Gasteiger partial charge in [-0.15, -0.1) is 36.2 Å². The molecule has 138 valence electrons. The Morgan fingerprint density at radius 3 is 2.84 bits per heavy atom. The predicted molar refractivity (Wildman–Crippen MR) is 110 cm³/mol. The van der Waals surface area contributed by atoms with Crippen molar-refractivity contribution in [2.75, 3.05) is 31.6 Å². The van der Waals surface area contributed by atoms with Gasteiger partial charge in [0.1, 0.15) is 5.82 Å². The van der Waals surface area contributed by atoms with Crippen molar-refractivity contribution in [3.05, 3.63) is 51.5 Å². The molecule has 2 N–H and O–H groups in total. The maximum Gasteiger partial charge on any atom is 0.147 e. The molecule has 0 atom stereocenters. The molecule has 1 aromatic carbocycles. The van der Waals surface area contributed by atoms with Gasteiger partial charge in [-0.2, -0.15) is 0 Å². The first kappa shape index (κ1) is 21.9. The summed E-state index contributed by atoms with van der Waals surface area (Å²) in [5.41, 5.74) is 3.30. The molecule has 2 heterocycles. The van der Waals surface area contributed by atoms with Crippen LogP contribution in [0.4, 0.5) is 10.1 Å². The van der Waals surface area contributed by atoms with Crippen LogP contribution in [0, 0.1) is 11.2 Å². The summed E-state index contributed by atoms with van der Waals surface area (Å²) in [5, 5.41) is 13.3. The van der Waals surface area contributed by atoms with Crippen molar-refractivity contribution in [2.45, 2.75) is 19.3 Å². The largest absolute Gasteiger partial charge is 0.368 e. The number of nitrogens with one attached hydrogen (secondary N) is 2. The average Bonchev–Trinajstić information content (AvgIpc) is 3.07. The summed E-state index contributed by atoms with van der Waals surface area (Å²) in [7, 11) is 1.92. The Balaban J connectivity index is 0.00000156. The number of likely N-dealkylation sites (N-methyl/N-ethyl adjacent to an activating group) is 1. The molecule has 0 amide bonds. The number of thiophene rings is 1. The Labute approximate surface area is 165 Å². The van der Waals surface area contributed by atoms with Crippen LogP contribution in [0.5, 0.6) is 0 Å². The second-order valence-corrected chi connectivity index (χ2v) is 6.86. The molecule has 0 unspecified atom stereocenters. The van der Waals surface area contributed by atoms with Crippen molar-refractivity contribution >= 4 is 47.5 Å². The number of rotatable bonds is 6. The SMILES string of the molecule is CNCCN1CCCc2cc(CC(=N)c3cccs3)cc(F)c21.Cl.Cl. The normalized spacial score (nSPS) is 12.8. The van der Waals surface area contributed by atoms with Crippen molar-refractivity contribution < 1.29 is 4.39 Å². The third kappa shape index (κ3) is 5.17. The fourth-order valence-electron chi connectivity index (χ4n) is 3.15. The fraction of sp³-hybridized carbons (Fsp3) is 0.389. The molecule has 0 spiro atoms. The maximum atomic E-state index is 14.7. The van der Waals surface area contributed by atoms with Gasteiger partial charge < -0.3 is 15.6 Å². The molecular weight excluding hydrogens is 380 g/mol. The van der Waals surface area contributed by atoms with Gasteiger partial charge in [0.05, 0.1) is 11.4 Å². The highest BCUT2D eigenvalue weighted by Gasteiger charge is 2.21. The van der Waals surface area contributed by atoms with E-state index in [-0.39, 0.29) is 30.6 Å². The quantitative estimate of drug-likeness (QED) is 0.705. The summed E-state index contributed by atoms with van der Waals surface area (Å²) < 4.78 is 14.7. The monoisotopic (exact) mass is 403 g/mol. The first-order valence-electron chi connectivity index (χ1n) is 8.01. The van der Waals surface area contributed by atoms with E-state index in [9.17, 15) is 4.39 Å². The lowest BCUT2D eigenvalue weighted by molar-refractivity contribution is 0.590. The van der Waals surface area contributed by atoms with Crippen LogP contribution >= 0.6 is 36.2 Å². The molecule has 0 saturated heterocycles. The van der Waals surface area contributed by atoms with E-state index in [0.717, 1.165) is 54.2 Å². The molecule has 0 aliphatic carbocycles. The summed E-state index contributed by atoms with van der Waals surface area (Å²) in [5.74, 6) is -0.146. The lowest BCUT2D eigenvalue weighted by Crippen LogP contribution is -2.35. The topological polar surface area (TPSA) is 39.1 Å². The molecule has 25 heavy (non-hydrogen) atoms. The van der Waals surface area contributed by atoms with Crippen molar-refractivity contribution in [1.29, 1.82) is 5.41 Å². The summed E-state index contributed by atoms with van der Waals surface area (Å²) in [6.07, 6.45) is 2.46. The number of nitrogens with zero attached hydrogens (tertiary/aromatic N) is 1. The Bertz CT molecular complexity index is 692. The van der Waals surface area contributed by atoms with Crippen LogP contribution in [0.25, 0.3) is 0 Å². The number of benzene rings is 1. The molecule has 7 heteroatoms. The Kier molecular flexibility index (Phi) is 8.86. The molecule has 3 rings (SSSR count). The molecule has 0 saturated carbocycles. The van der Waals surface area contributed by atoms with Crippen molar-refractivity contribution in [1.82, 2.24) is 5.32 Å². The highest BCUT2D eigenvalue weighted by atomic mass is 35.5. The van der Waals surface area contributed by atoms with E-state index in [4.69, 9.17) is 5.41 Å². The highest BCUT2D eigenvalue weighted by Crippen LogP contribution is 2.31. The van der Waals surface area contributed by atoms with Crippen LogP contribution in [0.3, 0.4) is 0 Å². The van der Waals surface area contributed by atoms with Gasteiger partial charge in [0.15, 0.2) is 0 Å². The predicted octanol–water partition coefficient (Wildman–Crippen LogP) is 4.31. The number of anilines is 1. The average molecular weight is 404 g/mol. The summed E-state index contributed by atoms with van der Waals surface area (Å²) in [6.45, 7) is 2.59.